The lowest BCUT2D eigenvalue weighted by molar-refractivity contribution is 0.659. The lowest BCUT2D eigenvalue weighted by Crippen LogP contribution is -2.16. The first-order valence-electron chi connectivity index (χ1n) is 5.43. The number of aromatic amines is 1. The van der Waals surface area contributed by atoms with Crippen molar-refractivity contribution in [3.8, 4) is 0 Å². The van der Waals surface area contributed by atoms with Crippen molar-refractivity contribution >= 4 is 29.3 Å². The van der Waals surface area contributed by atoms with Crippen LogP contribution in [-0.4, -0.2) is 43.8 Å². The van der Waals surface area contributed by atoms with Crippen molar-refractivity contribution in [3.05, 3.63) is 15.8 Å². The van der Waals surface area contributed by atoms with Gasteiger partial charge in [-0.3, -0.25) is 4.57 Å². The highest BCUT2D eigenvalue weighted by molar-refractivity contribution is 7.99. The Hall–Kier alpha value is -1.61. The van der Waals surface area contributed by atoms with Gasteiger partial charge in [0.1, 0.15) is 0 Å². The summed E-state index contributed by atoms with van der Waals surface area (Å²) < 4.78 is 1.48. The molecule has 0 radical (unpaired) electrons. The highest BCUT2D eigenvalue weighted by Crippen LogP contribution is 2.23. The van der Waals surface area contributed by atoms with Gasteiger partial charge in [0.05, 0.1) is 0 Å². The minimum Gasteiger partial charge on any atom is -0.347 e. The minimum atomic E-state index is -0.266. The summed E-state index contributed by atoms with van der Waals surface area (Å²) in [6.07, 6.45) is 0. The first-order chi connectivity index (χ1) is 9.01. The van der Waals surface area contributed by atoms with Gasteiger partial charge in [-0.25, -0.2) is 9.89 Å². The van der Waals surface area contributed by atoms with Crippen LogP contribution in [0.15, 0.2) is 15.1 Å². The molecule has 2 aromatic heterocycles. The molecule has 19 heavy (non-hydrogen) atoms. The van der Waals surface area contributed by atoms with Gasteiger partial charge < -0.3 is 4.90 Å². The Balaban J connectivity index is 2.35. The second-order valence-electron chi connectivity index (χ2n) is 3.74. The van der Waals surface area contributed by atoms with Crippen LogP contribution in [0.5, 0.6) is 0 Å². The van der Waals surface area contributed by atoms with Gasteiger partial charge in [-0.05, 0) is 30.3 Å². The molecule has 0 fully saturated rings. The third kappa shape index (κ3) is 3.04. The number of halogens is 1. The zero-order valence-electron chi connectivity index (χ0n) is 10.6. The molecule has 0 aliphatic rings. The number of aromatic nitrogens is 6. The summed E-state index contributed by atoms with van der Waals surface area (Å²) in [5.74, 6) is 0.448. The van der Waals surface area contributed by atoms with Crippen LogP contribution in [0.1, 0.15) is 6.92 Å². The molecular weight excluding hydrogens is 290 g/mol. The van der Waals surface area contributed by atoms with Crippen LogP contribution in [-0.2, 0) is 6.54 Å². The number of hydrogen-bond donors (Lipinski definition) is 1. The van der Waals surface area contributed by atoms with Crippen LogP contribution in [0.3, 0.4) is 0 Å². The Kier molecular flexibility index (Phi) is 4.05. The summed E-state index contributed by atoms with van der Waals surface area (Å²) in [4.78, 5) is 25.4. The van der Waals surface area contributed by atoms with Crippen LogP contribution in [0, 0.1) is 0 Å². The Morgan fingerprint density at radius 1 is 1.37 bits per heavy atom. The van der Waals surface area contributed by atoms with Crippen LogP contribution < -0.4 is 10.6 Å². The van der Waals surface area contributed by atoms with Crippen molar-refractivity contribution in [2.75, 3.05) is 19.0 Å². The summed E-state index contributed by atoms with van der Waals surface area (Å²) in [6, 6.07) is 0. The van der Waals surface area contributed by atoms with Gasteiger partial charge in [-0.2, -0.15) is 15.0 Å². The Morgan fingerprint density at radius 2 is 2.11 bits per heavy atom. The van der Waals surface area contributed by atoms with E-state index in [4.69, 9.17) is 11.6 Å². The van der Waals surface area contributed by atoms with E-state index in [1.54, 1.807) is 19.0 Å². The fraction of sp³-hybridized carbons (Fsp3) is 0.444. The maximum atomic E-state index is 11.4. The molecule has 0 unspecified atom stereocenters. The van der Waals surface area contributed by atoms with Crippen molar-refractivity contribution in [1.29, 1.82) is 0 Å². The molecule has 0 aromatic carbocycles. The van der Waals surface area contributed by atoms with E-state index in [2.05, 4.69) is 25.1 Å². The molecule has 2 aromatic rings. The molecule has 0 saturated heterocycles. The maximum Gasteiger partial charge on any atom is 0.343 e. The molecule has 0 bridgehead atoms. The molecular formula is C9H12ClN7OS. The van der Waals surface area contributed by atoms with Crippen LogP contribution in [0.2, 0.25) is 5.28 Å². The third-order valence-electron chi connectivity index (χ3n) is 2.20. The molecule has 0 atom stereocenters. The predicted octanol–water partition coefficient (Wildman–Crippen LogP) is 0.647. The number of anilines is 1. The second-order valence-corrected chi connectivity index (χ2v) is 5.01. The van der Waals surface area contributed by atoms with Crippen LogP contribution in [0.4, 0.5) is 5.95 Å². The van der Waals surface area contributed by atoms with E-state index in [9.17, 15) is 4.79 Å². The van der Waals surface area contributed by atoms with Gasteiger partial charge in [0.15, 0.2) is 5.16 Å². The standard InChI is InChI=1S/C9H12ClN7OS/c1-4-17-8(18)14-15-9(17)19-7-12-5(10)11-6(13-7)16(2)3/h4H2,1-3H3,(H,14,18). The molecule has 0 amide bonds. The third-order valence-corrected chi connectivity index (χ3v) is 3.23. The lowest BCUT2D eigenvalue weighted by Gasteiger charge is -2.10. The summed E-state index contributed by atoms with van der Waals surface area (Å²) >= 11 is 6.99. The lowest BCUT2D eigenvalue weighted by atomic mass is 10.7. The molecule has 10 heteroatoms. The number of rotatable bonds is 4. The minimum absolute atomic E-state index is 0.0992. The van der Waals surface area contributed by atoms with Crippen molar-refractivity contribution in [1.82, 2.24) is 29.7 Å². The molecule has 0 aliphatic carbocycles. The van der Waals surface area contributed by atoms with E-state index >= 15 is 0 Å². The second kappa shape index (κ2) is 5.57. The van der Waals surface area contributed by atoms with Gasteiger partial charge in [-0.15, -0.1) is 5.10 Å². The SMILES string of the molecule is CCn1c(Sc2nc(Cl)nc(N(C)C)n2)n[nH]c1=O. The van der Waals surface area contributed by atoms with Crippen molar-refractivity contribution in [3.63, 3.8) is 0 Å². The van der Waals surface area contributed by atoms with Crippen molar-refractivity contribution in [2.24, 2.45) is 0 Å². The fourth-order valence-electron chi connectivity index (χ4n) is 1.31. The first-order valence-corrected chi connectivity index (χ1v) is 6.62. The smallest absolute Gasteiger partial charge is 0.343 e. The number of hydrogen-bond acceptors (Lipinski definition) is 7. The predicted molar refractivity (Wildman–Crippen MR) is 71.8 cm³/mol. The summed E-state index contributed by atoms with van der Waals surface area (Å²) in [6.45, 7) is 2.36. The number of nitrogens with zero attached hydrogens (tertiary/aromatic N) is 6. The molecule has 0 spiro atoms. The van der Waals surface area contributed by atoms with Crippen molar-refractivity contribution < 1.29 is 0 Å². The van der Waals surface area contributed by atoms with E-state index in [0.717, 1.165) is 11.8 Å². The van der Waals surface area contributed by atoms with Crippen LogP contribution in [0.25, 0.3) is 0 Å². The van der Waals surface area contributed by atoms with Gasteiger partial charge >= 0.3 is 5.69 Å². The molecule has 1 N–H and O–H groups in total. The van der Waals surface area contributed by atoms with E-state index in [1.165, 1.54) is 4.57 Å². The van der Waals surface area contributed by atoms with E-state index in [1.807, 2.05) is 6.92 Å². The molecule has 2 heterocycles. The fourth-order valence-corrected chi connectivity index (χ4v) is 2.35. The summed E-state index contributed by atoms with van der Waals surface area (Å²) in [7, 11) is 3.60. The number of nitrogens with one attached hydrogen (secondary N) is 1. The van der Waals surface area contributed by atoms with Gasteiger partial charge in [-0.1, -0.05) is 0 Å². The monoisotopic (exact) mass is 301 g/mol. The Bertz CT molecular complexity index is 638. The average molecular weight is 302 g/mol. The largest absolute Gasteiger partial charge is 0.347 e. The zero-order chi connectivity index (χ0) is 14.0. The number of H-pyrrole nitrogens is 1. The summed E-state index contributed by atoms with van der Waals surface area (Å²) in [5.41, 5.74) is -0.266. The molecule has 0 aliphatic heterocycles. The van der Waals surface area contributed by atoms with Crippen molar-refractivity contribution in [2.45, 2.75) is 23.8 Å². The average Bonchev–Trinajstić information content (AvgIpc) is 2.69. The highest BCUT2D eigenvalue weighted by Gasteiger charge is 2.13. The Labute approximate surface area is 118 Å². The van der Waals surface area contributed by atoms with E-state index < -0.39 is 0 Å². The summed E-state index contributed by atoms with van der Waals surface area (Å²) in [5, 5.41) is 7.27. The quantitative estimate of drug-likeness (QED) is 0.886. The zero-order valence-corrected chi connectivity index (χ0v) is 12.2. The van der Waals surface area contributed by atoms with Crippen LogP contribution >= 0.6 is 23.4 Å². The van der Waals surface area contributed by atoms with E-state index in [-0.39, 0.29) is 11.0 Å². The van der Waals surface area contributed by atoms with Gasteiger partial charge in [0.25, 0.3) is 0 Å². The van der Waals surface area contributed by atoms with Gasteiger partial charge in [0.2, 0.25) is 16.4 Å². The molecule has 2 rings (SSSR count). The maximum absolute atomic E-state index is 11.4. The van der Waals surface area contributed by atoms with Gasteiger partial charge in [0, 0.05) is 20.6 Å². The topological polar surface area (TPSA) is 92.6 Å². The highest BCUT2D eigenvalue weighted by atomic mass is 35.5. The molecule has 102 valence electrons. The molecule has 8 nitrogen and oxygen atoms in total. The molecule has 0 saturated carbocycles. The normalized spacial score (nSPS) is 10.7. The van der Waals surface area contributed by atoms with E-state index in [0.29, 0.717) is 22.8 Å². The Morgan fingerprint density at radius 3 is 2.74 bits per heavy atom. The first kappa shape index (κ1) is 13.8.